The monoisotopic (exact) mass is 332 g/mol. The number of rotatable bonds is 4. The SMILES string of the molecule is CN(C)C1(c2nnnn2C2CCCC2)CCN(C(=O)C2(C)CC2)C1. The number of hydrogen-bond donors (Lipinski definition) is 0. The zero-order valence-electron chi connectivity index (χ0n) is 15.0. The van der Waals surface area contributed by atoms with E-state index in [-0.39, 0.29) is 11.0 Å². The molecule has 1 atom stereocenters. The van der Waals surface area contributed by atoms with E-state index < -0.39 is 0 Å². The molecule has 1 amide bonds. The normalized spacial score (nSPS) is 29.6. The molecule has 132 valence electrons. The minimum atomic E-state index is -0.271. The first-order chi connectivity index (χ1) is 11.5. The van der Waals surface area contributed by atoms with E-state index in [1.165, 1.54) is 12.8 Å². The van der Waals surface area contributed by atoms with Gasteiger partial charge in [0.2, 0.25) is 5.91 Å². The molecule has 2 heterocycles. The molecule has 0 radical (unpaired) electrons. The standard InChI is InChI=1S/C17H28N6O/c1-16(8-9-16)15(24)22-11-10-17(12-22,21(2)3)14-18-19-20-23(14)13-6-4-5-7-13/h13H,4-12H2,1-3H3. The van der Waals surface area contributed by atoms with Gasteiger partial charge in [0.1, 0.15) is 5.54 Å². The van der Waals surface area contributed by atoms with Crippen LogP contribution in [-0.2, 0) is 10.3 Å². The maximum absolute atomic E-state index is 12.8. The van der Waals surface area contributed by atoms with Gasteiger partial charge in [-0.25, -0.2) is 4.68 Å². The smallest absolute Gasteiger partial charge is 0.228 e. The lowest BCUT2D eigenvalue weighted by atomic mass is 9.95. The minimum Gasteiger partial charge on any atom is -0.340 e. The Morgan fingerprint density at radius 1 is 1.21 bits per heavy atom. The lowest BCUT2D eigenvalue weighted by Crippen LogP contribution is -2.47. The number of likely N-dealkylation sites (N-methyl/N-ethyl adjacent to an activating group) is 1. The summed E-state index contributed by atoms with van der Waals surface area (Å²) in [5, 5.41) is 12.8. The van der Waals surface area contributed by atoms with Crippen molar-refractivity contribution in [1.82, 2.24) is 30.0 Å². The second kappa shape index (κ2) is 5.51. The third kappa shape index (κ3) is 2.36. The van der Waals surface area contributed by atoms with Crippen LogP contribution in [0.2, 0.25) is 0 Å². The first-order valence-electron chi connectivity index (χ1n) is 9.21. The number of likely N-dealkylation sites (tertiary alicyclic amines) is 1. The average Bonchev–Trinajstić information content (AvgIpc) is 3.07. The zero-order valence-corrected chi connectivity index (χ0v) is 15.0. The van der Waals surface area contributed by atoms with Gasteiger partial charge in [0, 0.05) is 18.5 Å². The van der Waals surface area contributed by atoms with Crippen molar-refractivity contribution >= 4 is 5.91 Å². The van der Waals surface area contributed by atoms with E-state index >= 15 is 0 Å². The van der Waals surface area contributed by atoms with Gasteiger partial charge < -0.3 is 4.90 Å². The summed E-state index contributed by atoms with van der Waals surface area (Å²) in [5.41, 5.74) is -0.382. The van der Waals surface area contributed by atoms with E-state index in [4.69, 9.17) is 0 Å². The largest absolute Gasteiger partial charge is 0.340 e. The number of hydrogen-bond acceptors (Lipinski definition) is 5. The van der Waals surface area contributed by atoms with Gasteiger partial charge in [0.05, 0.1) is 6.04 Å². The molecule has 1 saturated heterocycles. The van der Waals surface area contributed by atoms with Crippen LogP contribution in [0.5, 0.6) is 0 Å². The van der Waals surface area contributed by atoms with Crippen LogP contribution in [0.25, 0.3) is 0 Å². The zero-order chi connectivity index (χ0) is 16.9. The van der Waals surface area contributed by atoms with E-state index in [2.05, 4.69) is 46.1 Å². The fraction of sp³-hybridized carbons (Fsp3) is 0.882. The van der Waals surface area contributed by atoms with Gasteiger partial charge in [0.25, 0.3) is 0 Å². The van der Waals surface area contributed by atoms with Crippen molar-refractivity contribution in [2.75, 3.05) is 27.2 Å². The molecule has 3 fully saturated rings. The minimum absolute atomic E-state index is 0.111. The molecular weight excluding hydrogens is 304 g/mol. The van der Waals surface area contributed by atoms with Gasteiger partial charge in [-0.3, -0.25) is 9.69 Å². The highest BCUT2D eigenvalue weighted by molar-refractivity contribution is 5.85. The van der Waals surface area contributed by atoms with Gasteiger partial charge in [-0.2, -0.15) is 0 Å². The second-order valence-electron chi connectivity index (χ2n) is 8.35. The van der Waals surface area contributed by atoms with E-state index in [1.54, 1.807) is 0 Å². The van der Waals surface area contributed by atoms with Crippen LogP contribution in [0.4, 0.5) is 0 Å². The highest BCUT2D eigenvalue weighted by atomic mass is 16.2. The molecule has 2 saturated carbocycles. The van der Waals surface area contributed by atoms with Crippen LogP contribution in [0, 0.1) is 5.41 Å². The van der Waals surface area contributed by atoms with Gasteiger partial charge in [-0.1, -0.05) is 19.8 Å². The summed E-state index contributed by atoms with van der Waals surface area (Å²) in [5.74, 6) is 1.25. The Balaban J connectivity index is 1.63. The summed E-state index contributed by atoms with van der Waals surface area (Å²) < 4.78 is 2.06. The predicted octanol–water partition coefficient (Wildman–Crippen LogP) is 1.58. The van der Waals surface area contributed by atoms with Gasteiger partial charge in [-0.15, -0.1) is 5.10 Å². The lowest BCUT2D eigenvalue weighted by Gasteiger charge is -2.35. The molecule has 2 aliphatic carbocycles. The number of carbonyl (C=O) groups is 1. The summed E-state index contributed by atoms with van der Waals surface area (Å²) in [4.78, 5) is 17.1. The van der Waals surface area contributed by atoms with E-state index in [0.29, 0.717) is 18.5 Å². The molecule has 0 bridgehead atoms. The molecule has 1 aromatic heterocycles. The number of nitrogens with zero attached hydrogens (tertiary/aromatic N) is 6. The van der Waals surface area contributed by atoms with Crippen LogP contribution in [0.15, 0.2) is 0 Å². The molecule has 1 unspecified atom stereocenters. The molecule has 7 heteroatoms. The van der Waals surface area contributed by atoms with Crippen molar-refractivity contribution in [2.45, 2.75) is 63.5 Å². The molecule has 24 heavy (non-hydrogen) atoms. The van der Waals surface area contributed by atoms with E-state index in [0.717, 1.165) is 44.5 Å². The van der Waals surface area contributed by atoms with E-state index in [1.807, 2.05) is 4.90 Å². The Morgan fingerprint density at radius 3 is 2.54 bits per heavy atom. The van der Waals surface area contributed by atoms with Crippen molar-refractivity contribution in [3.63, 3.8) is 0 Å². The Bertz CT molecular complexity index is 631. The van der Waals surface area contributed by atoms with Crippen LogP contribution in [0.1, 0.15) is 63.7 Å². The van der Waals surface area contributed by atoms with Gasteiger partial charge in [0.15, 0.2) is 5.82 Å². The molecule has 0 spiro atoms. The van der Waals surface area contributed by atoms with Crippen LogP contribution in [0.3, 0.4) is 0 Å². The number of carbonyl (C=O) groups excluding carboxylic acids is 1. The summed E-state index contributed by atoms with van der Waals surface area (Å²) in [6.07, 6.45) is 7.76. The Labute approximate surface area is 143 Å². The summed E-state index contributed by atoms with van der Waals surface area (Å²) in [7, 11) is 4.17. The Kier molecular flexibility index (Phi) is 3.67. The summed E-state index contributed by atoms with van der Waals surface area (Å²) >= 11 is 0. The third-order valence-electron chi connectivity index (χ3n) is 6.49. The van der Waals surface area contributed by atoms with Crippen molar-refractivity contribution in [3.8, 4) is 0 Å². The molecule has 0 N–H and O–H groups in total. The average molecular weight is 332 g/mol. The lowest BCUT2D eigenvalue weighted by molar-refractivity contribution is -0.135. The third-order valence-corrected chi connectivity index (χ3v) is 6.49. The second-order valence-corrected chi connectivity index (χ2v) is 8.35. The molecule has 4 rings (SSSR count). The quantitative estimate of drug-likeness (QED) is 0.837. The van der Waals surface area contributed by atoms with Crippen molar-refractivity contribution < 1.29 is 4.79 Å². The number of aromatic nitrogens is 4. The first kappa shape index (κ1) is 16.0. The van der Waals surface area contributed by atoms with Gasteiger partial charge >= 0.3 is 0 Å². The summed E-state index contributed by atoms with van der Waals surface area (Å²) in [6, 6.07) is 0.414. The highest BCUT2D eigenvalue weighted by Crippen LogP contribution is 2.48. The van der Waals surface area contributed by atoms with Crippen molar-refractivity contribution in [3.05, 3.63) is 5.82 Å². The maximum Gasteiger partial charge on any atom is 0.228 e. The summed E-state index contributed by atoms with van der Waals surface area (Å²) in [6.45, 7) is 3.58. The molecule has 3 aliphatic rings. The number of tetrazole rings is 1. The molecule has 7 nitrogen and oxygen atoms in total. The molecule has 1 aliphatic heterocycles. The van der Waals surface area contributed by atoms with Crippen LogP contribution in [-0.4, -0.2) is 63.1 Å². The predicted molar refractivity (Wildman–Crippen MR) is 89.2 cm³/mol. The van der Waals surface area contributed by atoms with Crippen molar-refractivity contribution in [2.24, 2.45) is 5.41 Å². The Morgan fingerprint density at radius 2 is 1.92 bits per heavy atom. The molecule has 0 aromatic carbocycles. The number of amides is 1. The highest BCUT2D eigenvalue weighted by Gasteiger charge is 2.53. The fourth-order valence-electron chi connectivity index (χ4n) is 4.39. The topological polar surface area (TPSA) is 67.2 Å². The fourth-order valence-corrected chi connectivity index (χ4v) is 4.39. The maximum atomic E-state index is 12.8. The van der Waals surface area contributed by atoms with E-state index in [9.17, 15) is 4.79 Å². The van der Waals surface area contributed by atoms with Gasteiger partial charge in [-0.05, 0) is 56.6 Å². The Hall–Kier alpha value is -1.50. The molecular formula is C17H28N6O. The first-order valence-corrected chi connectivity index (χ1v) is 9.21. The van der Waals surface area contributed by atoms with Crippen LogP contribution < -0.4 is 0 Å². The van der Waals surface area contributed by atoms with Crippen molar-refractivity contribution in [1.29, 1.82) is 0 Å². The molecule has 1 aromatic rings. The van der Waals surface area contributed by atoms with Crippen LogP contribution >= 0.6 is 0 Å².